The zero-order valence-electron chi connectivity index (χ0n) is 11.2. The predicted octanol–water partition coefficient (Wildman–Crippen LogP) is 4.82. The molecule has 2 rings (SSSR count). The Bertz CT molecular complexity index is 499. The number of carbonyl (C=O) groups excluding carboxylic acids is 1. The Morgan fingerprint density at radius 2 is 2.25 bits per heavy atom. The van der Waals surface area contributed by atoms with Crippen molar-refractivity contribution < 1.29 is 9.53 Å². The molecule has 0 radical (unpaired) electrons. The molecule has 1 aliphatic heterocycles. The first-order valence-electron chi connectivity index (χ1n) is 6.20. The third-order valence-electron chi connectivity index (χ3n) is 2.56. The molecule has 0 saturated carbocycles. The van der Waals surface area contributed by atoms with Gasteiger partial charge in [0.25, 0.3) is 0 Å². The van der Waals surface area contributed by atoms with E-state index >= 15 is 0 Å². The summed E-state index contributed by atoms with van der Waals surface area (Å²) in [7, 11) is 0. The van der Waals surface area contributed by atoms with E-state index in [0.29, 0.717) is 4.58 Å². The quantitative estimate of drug-likeness (QED) is 0.425. The number of esters is 1. The molecule has 0 fully saturated rings. The van der Waals surface area contributed by atoms with Gasteiger partial charge in [0.1, 0.15) is 5.44 Å². The largest absolute Gasteiger partial charge is 0.448 e. The summed E-state index contributed by atoms with van der Waals surface area (Å²) in [5.41, 5.74) is 1.19. The van der Waals surface area contributed by atoms with Crippen LogP contribution >= 0.6 is 35.3 Å². The molecule has 106 valence electrons. The van der Waals surface area contributed by atoms with Gasteiger partial charge in [-0.25, -0.2) is 4.79 Å². The third kappa shape index (κ3) is 4.65. The summed E-state index contributed by atoms with van der Waals surface area (Å²) in [5.74, 6) is 0.502. The average Bonchev–Trinajstić information content (AvgIpc) is 2.95. The molecular weight excluding hydrogens is 308 g/mol. The second-order valence-electron chi connectivity index (χ2n) is 4.10. The predicted molar refractivity (Wildman–Crippen MR) is 90.7 cm³/mol. The van der Waals surface area contributed by atoms with Gasteiger partial charge in [-0.05, 0) is 17.9 Å². The Labute approximate surface area is 132 Å². The van der Waals surface area contributed by atoms with Crippen molar-refractivity contribution in [2.24, 2.45) is 0 Å². The average molecular weight is 324 g/mol. The van der Waals surface area contributed by atoms with Gasteiger partial charge in [-0.1, -0.05) is 36.9 Å². The molecule has 0 aromatic heterocycles. The van der Waals surface area contributed by atoms with Crippen LogP contribution in [0.25, 0.3) is 0 Å². The molecular formula is C15H16O2S3. The van der Waals surface area contributed by atoms with Crippen LogP contribution in [0.15, 0.2) is 53.3 Å². The molecule has 0 amide bonds. The summed E-state index contributed by atoms with van der Waals surface area (Å²) in [4.78, 5) is 12.4. The number of thioether (sulfide) groups is 3. The van der Waals surface area contributed by atoms with Gasteiger partial charge in [0.2, 0.25) is 0 Å². The van der Waals surface area contributed by atoms with Gasteiger partial charge >= 0.3 is 5.97 Å². The van der Waals surface area contributed by atoms with E-state index in [-0.39, 0.29) is 11.4 Å². The van der Waals surface area contributed by atoms with E-state index in [0.717, 1.165) is 5.75 Å². The minimum absolute atomic E-state index is 0.150. The molecule has 0 bridgehead atoms. The second kappa shape index (κ2) is 7.86. The van der Waals surface area contributed by atoms with Crippen molar-refractivity contribution in [2.45, 2.75) is 16.9 Å². The van der Waals surface area contributed by atoms with Crippen molar-refractivity contribution >= 4 is 41.3 Å². The molecule has 5 heteroatoms. The van der Waals surface area contributed by atoms with Crippen molar-refractivity contribution in [1.29, 1.82) is 0 Å². The molecule has 20 heavy (non-hydrogen) atoms. The Morgan fingerprint density at radius 3 is 2.95 bits per heavy atom. The number of benzene rings is 1. The lowest BCUT2D eigenvalue weighted by molar-refractivity contribution is -0.138. The number of carbonyl (C=O) groups is 1. The highest BCUT2D eigenvalue weighted by Crippen LogP contribution is 2.51. The maximum Gasteiger partial charge on any atom is 0.331 e. The van der Waals surface area contributed by atoms with E-state index in [1.165, 1.54) is 16.5 Å². The first-order valence-corrected chi connectivity index (χ1v) is 9.07. The molecule has 1 aromatic carbocycles. The standard InChI is InChI=1S/C15H16O2S3/c1-3-14(16)17-11(2)18-9-13-10-19-15(20-13)12-7-5-4-6-8-12/h3-8,10-11,15H,1,9H2,2H3. The molecule has 2 atom stereocenters. The Balaban J connectivity index is 1.76. The highest BCUT2D eigenvalue weighted by atomic mass is 32.2. The van der Waals surface area contributed by atoms with Gasteiger partial charge in [-0.3, -0.25) is 0 Å². The third-order valence-corrected chi connectivity index (χ3v) is 6.55. The smallest absolute Gasteiger partial charge is 0.331 e. The van der Waals surface area contributed by atoms with E-state index in [2.05, 4.69) is 36.3 Å². The van der Waals surface area contributed by atoms with Crippen LogP contribution in [0.5, 0.6) is 0 Å². The summed E-state index contributed by atoms with van der Waals surface area (Å²) in [6.45, 7) is 5.28. The zero-order chi connectivity index (χ0) is 14.4. The summed E-state index contributed by atoms with van der Waals surface area (Å²) >= 11 is 5.33. The first kappa shape index (κ1) is 15.6. The van der Waals surface area contributed by atoms with Crippen molar-refractivity contribution in [2.75, 3.05) is 5.75 Å². The van der Waals surface area contributed by atoms with Crippen LogP contribution < -0.4 is 0 Å². The van der Waals surface area contributed by atoms with Crippen LogP contribution in [0.2, 0.25) is 0 Å². The summed E-state index contributed by atoms with van der Waals surface area (Å²) in [5, 5.41) is 2.21. The number of ether oxygens (including phenoxy) is 1. The molecule has 0 saturated heterocycles. The molecule has 1 heterocycles. The lowest BCUT2D eigenvalue weighted by Gasteiger charge is -2.12. The highest BCUT2D eigenvalue weighted by molar-refractivity contribution is 8.22. The van der Waals surface area contributed by atoms with Crippen molar-refractivity contribution in [3.8, 4) is 0 Å². The molecule has 0 spiro atoms. The fraction of sp³-hybridized carbons (Fsp3) is 0.267. The number of hydrogen-bond donors (Lipinski definition) is 0. The molecule has 2 unspecified atom stereocenters. The Morgan fingerprint density at radius 1 is 1.50 bits per heavy atom. The van der Waals surface area contributed by atoms with Gasteiger partial charge in [-0.2, -0.15) is 0 Å². The van der Waals surface area contributed by atoms with Crippen LogP contribution in [-0.2, 0) is 9.53 Å². The van der Waals surface area contributed by atoms with Crippen LogP contribution in [0, 0.1) is 0 Å². The highest BCUT2D eigenvalue weighted by Gasteiger charge is 2.21. The first-order chi connectivity index (χ1) is 9.69. The molecule has 0 aliphatic carbocycles. The monoisotopic (exact) mass is 324 g/mol. The minimum Gasteiger partial charge on any atom is -0.448 e. The van der Waals surface area contributed by atoms with Crippen LogP contribution in [0.3, 0.4) is 0 Å². The Kier molecular flexibility index (Phi) is 6.13. The maximum atomic E-state index is 11.1. The number of rotatable bonds is 6. The molecule has 1 aromatic rings. The summed E-state index contributed by atoms with van der Waals surface area (Å²) in [6.07, 6.45) is 1.20. The van der Waals surface area contributed by atoms with Gasteiger partial charge in [0.05, 0.1) is 4.58 Å². The van der Waals surface area contributed by atoms with Gasteiger partial charge in [0, 0.05) is 16.7 Å². The molecule has 0 N–H and O–H groups in total. The molecule has 2 nitrogen and oxygen atoms in total. The second-order valence-corrected chi connectivity index (χ2v) is 7.90. The van der Waals surface area contributed by atoms with Crippen molar-refractivity contribution in [3.05, 3.63) is 58.9 Å². The lowest BCUT2D eigenvalue weighted by Crippen LogP contribution is -2.09. The SMILES string of the molecule is C=CC(=O)OC(C)SCC1=CSC(c2ccccc2)S1. The number of hydrogen-bond acceptors (Lipinski definition) is 5. The van der Waals surface area contributed by atoms with Gasteiger partial charge in [0.15, 0.2) is 0 Å². The van der Waals surface area contributed by atoms with Crippen LogP contribution in [0.4, 0.5) is 0 Å². The topological polar surface area (TPSA) is 26.3 Å². The fourth-order valence-corrected chi connectivity index (χ4v) is 5.22. The zero-order valence-corrected chi connectivity index (χ0v) is 13.6. The Hall–Kier alpha value is -0.780. The lowest BCUT2D eigenvalue weighted by atomic mass is 10.2. The van der Waals surface area contributed by atoms with E-state index in [1.54, 1.807) is 11.8 Å². The minimum atomic E-state index is -0.366. The normalized spacial score (nSPS) is 19.2. The van der Waals surface area contributed by atoms with Crippen LogP contribution in [0.1, 0.15) is 17.1 Å². The van der Waals surface area contributed by atoms with Crippen LogP contribution in [-0.4, -0.2) is 17.2 Å². The van der Waals surface area contributed by atoms with Gasteiger partial charge < -0.3 is 4.74 Å². The summed E-state index contributed by atoms with van der Waals surface area (Å²) in [6, 6.07) is 10.5. The van der Waals surface area contributed by atoms with E-state index in [9.17, 15) is 4.79 Å². The van der Waals surface area contributed by atoms with Crippen molar-refractivity contribution in [1.82, 2.24) is 0 Å². The maximum absolute atomic E-state index is 11.1. The fourth-order valence-electron chi connectivity index (χ4n) is 1.60. The van der Waals surface area contributed by atoms with Gasteiger partial charge in [-0.15, -0.1) is 35.3 Å². The summed E-state index contributed by atoms with van der Waals surface area (Å²) < 4.78 is 5.58. The van der Waals surface area contributed by atoms with E-state index in [4.69, 9.17) is 4.74 Å². The molecule has 1 aliphatic rings. The van der Waals surface area contributed by atoms with Crippen molar-refractivity contribution in [3.63, 3.8) is 0 Å². The van der Waals surface area contributed by atoms with E-state index in [1.807, 2.05) is 36.5 Å². The van der Waals surface area contributed by atoms with E-state index < -0.39 is 0 Å².